The van der Waals surface area contributed by atoms with E-state index in [1.165, 1.54) is 18.2 Å². The van der Waals surface area contributed by atoms with E-state index in [1.54, 1.807) is 17.1 Å². The highest BCUT2D eigenvalue weighted by Gasteiger charge is 2.28. The van der Waals surface area contributed by atoms with Gasteiger partial charge in [0.1, 0.15) is 12.2 Å². The van der Waals surface area contributed by atoms with E-state index in [-0.39, 0.29) is 17.5 Å². The average Bonchev–Trinajstić information content (AvgIpc) is 3.25. The molecule has 0 unspecified atom stereocenters. The molecule has 1 fully saturated rings. The first-order valence-electron chi connectivity index (χ1n) is 9.64. The van der Waals surface area contributed by atoms with Gasteiger partial charge in [-0.1, -0.05) is 6.92 Å². The third-order valence-electron chi connectivity index (χ3n) is 4.96. The number of alkyl halides is 3. The van der Waals surface area contributed by atoms with Crippen molar-refractivity contribution >= 4 is 28.2 Å². The normalized spacial score (nSPS) is 15.3. The highest BCUT2D eigenvalue weighted by molar-refractivity contribution is 6.14. The summed E-state index contributed by atoms with van der Waals surface area (Å²) in [5, 5.41) is 17.1. The monoisotopic (exact) mass is 435 g/mol. The Morgan fingerprint density at radius 3 is 2.84 bits per heavy atom. The molecule has 1 saturated heterocycles. The maximum absolute atomic E-state index is 12.4. The van der Waals surface area contributed by atoms with Crippen molar-refractivity contribution < 1.29 is 27.8 Å². The summed E-state index contributed by atoms with van der Waals surface area (Å²) in [5.41, 5.74) is 2.11. The number of amides is 1. The molecular formula is C20H20F3N5O3. The van der Waals surface area contributed by atoms with Crippen molar-refractivity contribution in [3.05, 3.63) is 41.7 Å². The van der Waals surface area contributed by atoms with Crippen molar-refractivity contribution in [2.24, 2.45) is 4.99 Å². The number of H-pyrrole nitrogens is 1. The average molecular weight is 435 g/mol. The molecule has 11 heteroatoms. The molecule has 1 aliphatic rings. The van der Waals surface area contributed by atoms with Crippen LogP contribution in [0.5, 0.6) is 5.88 Å². The molecule has 0 spiro atoms. The number of fused-ring (bicyclic) bond motifs is 1. The van der Waals surface area contributed by atoms with Gasteiger partial charge in [-0.3, -0.25) is 9.48 Å². The number of benzene rings is 1. The standard InChI is InChI=1S/C20H20F3N5O3/c1-2-15(26-12-6-25-28(7-12)13-8-31-9-13)17-14-5-11(3-4-16(14)27-19(17)30)18(29)24-10-20(21,22)23/h3-7,13,27,30H,2,8-10H2,1H3,(H,24,29). The third kappa shape index (κ3) is 4.41. The summed E-state index contributed by atoms with van der Waals surface area (Å²) in [6.45, 7) is 1.62. The Balaban J connectivity index is 1.67. The lowest BCUT2D eigenvalue weighted by molar-refractivity contribution is -0.123. The quantitative estimate of drug-likeness (QED) is 0.516. The molecule has 0 atom stereocenters. The minimum Gasteiger partial charge on any atom is -0.494 e. The van der Waals surface area contributed by atoms with Crippen LogP contribution in [0.15, 0.2) is 35.6 Å². The Kier molecular flexibility index (Phi) is 5.44. The van der Waals surface area contributed by atoms with E-state index in [0.29, 0.717) is 47.5 Å². The number of ether oxygens (including phenoxy) is 1. The zero-order chi connectivity index (χ0) is 22.2. The second-order valence-electron chi connectivity index (χ2n) is 7.19. The second kappa shape index (κ2) is 8.06. The molecule has 3 heterocycles. The van der Waals surface area contributed by atoms with Crippen molar-refractivity contribution in [3.8, 4) is 5.88 Å². The lowest BCUT2D eigenvalue weighted by atomic mass is 10.0. The molecule has 2 aromatic heterocycles. The van der Waals surface area contributed by atoms with Crippen LogP contribution in [0, 0.1) is 0 Å². The van der Waals surface area contributed by atoms with Gasteiger partial charge in [-0.2, -0.15) is 18.3 Å². The predicted octanol–water partition coefficient (Wildman–Crippen LogP) is 3.46. The van der Waals surface area contributed by atoms with E-state index >= 15 is 0 Å². The van der Waals surface area contributed by atoms with Crippen molar-refractivity contribution in [1.29, 1.82) is 0 Å². The summed E-state index contributed by atoms with van der Waals surface area (Å²) in [4.78, 5) is 19.6. The smallest absolute Gasteiger partial charge is 0.405 e. The molecule has 31 heavy (non-hydrogen) atoms. The first kappa shape index (κ1) is 20.9. The molecule has 3 N–H and O–H groups in total. The van der Waals surface area contributed by atoms with Crippen molar-refractivity contribution in [2.45, 2.75) is 25.6 Å². The summed E-state index contributed by atoms with van der Waals surface area (Å²) < 4.78 is 44.2. The predicted molar refractivity (Wildman–Crippen MR) is 107 cm³/mol. The molecule has 164 valence electrons. The van der Waals surface area contributed by atoms with Crippen LogP contribution in [-0.4, -0.2) is 57.4 Å². The van der Waals surface area contributed by atoms with Crippen LogP contribution in [0.3, 0.4) is 0 Å². The minimum absolute atomic E-state index is 0.0465. The van der Waals surface area contributed by atoms with Gasteiger partial charge in [0.2, 0.25) is 0 Å². The lowest BCUT2D eigenvalue weighted by Crippen LogP contribution is -2.33. The van der Waals surface area contributed by atoms with E-state index in [9.17, 15) is 23.1 Å². The van der Waals surface area contributed by atoms with E-state index in [2.05, 4.69) is 15.1 Å². The molecule has 0 bridgehead atoms. The number of rotatable bonds is 6. The molecule has 0 radical (unpaired) electrons. The Labute approximate surface area is 174 Å². The van der Waals surface area contributed by atoms with Gasteiger partial charge < -0.3 is 20.1 Å². The van der Waals surface area contributed by atoms with Gasteiger partial charge in [-0.25, -0.2) is 4.99 Å². The van der Waals surface area contributed by atoms with Gasteiger partial charge in [0, 0.05) is 16.5 Å². The largest absolute Gasteiger partial charge is 0.494 e. The van der Waals surface area contributed by atoms with Gasteiger partial charge in [-0.15, -0.1) is 0 Å². The third-order valence-corrected chi connectivity index (χ3v) is 4.96. The summed E-state index contributed by atoms with van der Waals surface area (Å²) in [6.07, 6.45) is -0.654. The van der Waals surface area contributed by atoms with Gasteiger partial charge in [0.05, 0.1) is 42.9 Å². The second-order valence-corrected chi connectivity index (χ2v) is 7.19. The molecule has 3 aromatic rings. The Hall–Kier alpha value is -3.34. The van der Waals surface area contributed by atoms with Crippen LogP contribution in [0.25, 0.3) is 10.9 Å². The Morgan fingerprint density at radius 1 is 1.42 bits per heavy atom. The van der Waals surface area contributed by atoms with Crippen LogP contribution < -0.4 is 5.32 Å². The molecule has 1 aliphatic heterocycles. The van der Waals surface area contributed by atoms with Crippen LogP contribution in [0.4, 0.5) is 18.9 Å². The molecule has 1 amide bonds. The van der Waals surface area contributed by atoms with Gasteiger partial charge in [0.15, 0.2) is 5.88 Å². The van der Waals surface area contributed by atoms with E-state index in [0.717, 1.165) is 0 Å². The van der Waals surface area contributed by atoms with Crippen molar-refractivity contribution in [1.82, 2.24) is 20.1 Å². The van der Waals surface area contributed by atoms with E-state index < -0.39 is 18.6 Å². The van der Waals surface area contributed by atoms with Crippen LogP contribution in [0.2, 0.25) is 0 Å². The highest BCUT2D eigenvalue weighted by atomic mass is 19.4. The Bertz CT molecular complexity index is 1140. The number of carbonyl (C=O) groups excluding carboxylic acids is 1. The summed E-state index contributed by atoms with van der Waals surface area (Å²) in [7, 11) is 0. The zero-order valence-corrected chi connectivity index (χ0v) is 16.5. The first-order valence-corrected chi connectivity index (χ1v) is 9.64. The number of halogens is 3. The van der Waals surface area contributed by atoms with Crippen molar-refractivity contribution in [3.63, 3.8) is 0 Å². The Morgan fingerprint density at radius 2 is 2.19 bits per heavy atom. The number of aromatic nitrogens is 3. The van der Waals surface area contributed by atoms with Gasteiger partial charge >= 0.3 is 6.18 Å². The number of aromatic hydroxyl groups is 1. The fraction of sp³-hybridized carbons (Fsp3) is 0.350. The number of carbonyl (C=O) groups is 1. The van der Waals surface area contributed by atoms with E-state index in [1.807, 2.05) is 12.2 Å². The molecular weight excluding hydrogens is 415 g/mol. The number of nitrogens with zero attached hydrogens (tertiary/aromatic N) is 3. The van der Waals surface area contributed by atoms with Crippen LogP contribution in [0.1, 0.15) is 35.3 Å². The molecule has 8 nitrogen and oxygen atoms in total. The fourth-order valence-corrected chi connectivity index (χ4v) is 3.32. The molecule has 4 rings (SSSR count). The molecule has 0 aliphatic carbocycles. The van der Waals surface area contributed by atoms with Crippen molar-refractivity contribution in [2.75, 3.05) is 19.8 Å². The molecule has 1 aromatic carbocycles. The SMILES string of the molecule is CCC(=Nc1cnn(C2COC2)c1)c1c(O)[nH]c2ccc(C(=O)NCC(F)(F)F)cc12. The van der Waals surface area contributed by atoms with Crippen LogP contribution >= 0.6 is 0 Å². The lowest BCUT2D eigenvalue weighted by Gasteiger charge is -2.25. The maximum atomic E-state index is 12.4. The number of hydrogen-bond acceptors (Lipinski definition) is 5. The maximum Gasteiger partial charge on any atom is 0.405 e. The van der Waals surface area contributed by atoms with Gasteiger partial charge in [-0.05, 0) is 24.6 Å². The first-order chi connectivity index (χ1) is 14.7. The summed E-state index contributed by atoms with van der Waals surface area (Å²) >= 11 is 0. The topological polar surface area (TPSA) is 105 Å². The zero-order valence-electron chi connectivity index (χ0n) is 16.5. The minimum atomic E-state index is -4.50. The van der Waals surface area contributed by atoms with Gasteiger partial charge in [0.25, 0.3) is 5.91 Å². The molecule has 0 saturated carbocycles. The van der Waals surface area contributed by atoms with E-state index in [4.69, 9.17) is 4.74 Å². The van der Waals surface area contributed by atoms with Crippen LogP contribution in [-0.2, 0) is 4.74 Å². The summed E-state index contributed by atoms with van der Waals surface area (Å²) in [5.74, 6) is -0.993. The highest BCUT2D eigenvalue weighted by Crippen LogP contribution is 2.31. The number of hydrogen-bond donors (Lipinski definition) is 3. The number of aromatic amines is 1. The number of nitrogens with one attached hydrogen (secondary N) is 2. The number of aliphatic imine (C=N–C) groups is 1. The fourth-order valence-electron chi connectivity index (χ4n) is 3.32. The summed E-state index contributed by atoms with van der Waals surface area (Å²) in [6, 6.07) is 4.53.